The number of halogens is 1. The van der Waals surface area contributed by atoms with E-state index in [1.54, 1.807) is 0 Å². The first-order valence-electron chi connectivity index (χ1n) is 5.33. The Kier molecular flexibility index (Phi) is 9.68. The maximum atomic E-state index is 3.20. The number of hydrogen-bond acceptors (Lipinski definition) is 2. The van der Waals surface area contributed by atoms with Gasteiger partial charge in [-0.25, -0.2) is 3.11 Å². The van der Waals surface area contributed by atoms with Crippen LogP contribution in [0.1, 0.15) is 46.0 Å². The lowest BCUT2D eigenvalue weighted by molar-refractivity contribution is 0.321. The topological polar surface area (TPSA) is 15.3 Å². The van der Waals surface area contributed by atoms with Gasteiger partial charge >= 0.3 is 0 Å². The Morgan fingerprint density at radius 1 is 1.23 bits per heavy atom. The van der Waals surface area contributed by atoms with Crippen molar-refractivity contribution in [3.8, 4) is 0 Å². The molecule has 0 aromatic rings. The summed E-state index contributed by atoms with van der Waals surface area (Å²) in [6.45, 7) is 5.52. The van der Waals surface area contributed by atoms with E-state index in [0.29, 0.717) is 0 Å². The largest absolute Gasteiger partial charge is 0.307 e. The Balaban J connectivity index is 3.75. The van der Waals surface area contributed by atoms with E-state index >= 15 is 0 Å². The molecule has 0 rings (SSSR count). The summed E-state index contributed by atoms with van der Waals surface area (Å²) in [6.07, 6.45) is 6.62. The number of unbranched alkanes of at least 4 members (excludes halogenated alkanes) is 1. The van der Waals surface area contributed by atoms with Crippen molar-refractivity contribution in [2.75, 3.05) is 13.7 Å². The Morgan fingerprint density at radius 2 is 1.92 bits per heavy atom. The molecule has 0 aliphatic carbocycles. The van der Waals surface area contributed by atoms with Gasteiger partial charge in [0.2, 0.25) is 0 Å². The van der Waals surface area contributed by atoms with E-state index in [2.05, 4.69) is 45.1 Å². The first-order chi connectivity index (χ1) is 6.26. The van der Waals surface area contributed by atoms with Crippen LogP contribution in [0.4, 0.5) is 0 Å². The lowest BCUT2D eigenvalue weighted by Gasteiger charge is -2.25. The van der Waals surface area contributed by atoms with E-state index in [-0.39, 0.29) is 0 Å². The van der Waals surface area contributed by atoms with Gasteiger partial charge in [0.05, 0.1) is 6.67 Å². The normalized spacial score (nSPS) is 13.6. The van der Waals surface area contributed by atoms with Crippen LogP contribution >= 0.6 is 22.9 Å². The van der Waals surface area contributed by atoms with Gasteiger partial charge < -0.3 is 5.32 Å². The molecule has 0 aromatic heterocycles. The van der Waals surface area contributed by atoms with Crippen LogP contribution in [0.3, 0.4) is 0 Å². The maximum Gasteiger partial charge on any atom is 0.0574 e. The minimum Gasteiger partial charge on any atom is -0.307 e. The van der Waals surface area contributed by atoms with Gasteiger partial charge in [0.1, 0.15) is 0 Å². The fourth-order valence-electron chi connectivity index (χ4n) is 1.48. The molecule has 0 bridgehead atoms. The quantitative estimate of drug-likeness (QED) is 0.421. The van der Waals surface area contributed by atoms with Gasteiger partial charge in [-0.15, -0.1) is 0 Å². The highest BCUT2D eigenvalue weighted by molar-refractivity contribution is 14.1. The molecule has 1 unspecified atom stereocenters. The first-order valence-corrected chi connectivity index (χ1v) is 6.29. The second kappa shape index (κ2) is 9.21. The molecule has 0 saturated carbocycles. The molecule has 0 saturated heterocycles. The number of rotatable bonds is 8. The molecule has 3 heteroatoms. The van der Waals surface area contributed by atoms with Crippen LogP contribution in [0.2, 0.25) is 0 Å². The van der Waals surface area contributed by atoms with Crippen LogP contribution in [-0.2, 0) is 0 Å². The zero-order valence-corrected chi connectivity index (χ0v) is 11.3. The molecular weight excluding hydrogens is 275 g/mol. The monoisotopic (exact) mass is 298 g/mol. The summed E-state index contributed by atoms with van der Waals surface area (Å²) in [6, 6.07) is 0.762. The summed E-state index contributed by atoms with van der Waals surface area (Å²) >= 11 is 2.44. The van der Waals surface area contributed by atoms with Crippen molar-refractivity contribution in [2.24, 2.45) is 0 Å². The average Bonchev–Trinajstić information content (AvgIpc) is 2.12. The van der Waals surface area contributed by atoms with Crippen molar-refractivity contribution in [2.45, 2.75) is 52.0 Å². The predicted molar refractivity (Wildman–Crippen MR) is 68.0 cm³/mol. The average molecular weight is 298 g/mol. The predicted octanol–water partition coefficient (Wildman–Crippen LogP) is 3.17. The first kappa shape index (κ1) is 13.7. The Bertz CT molecular complexity index is 109. The fraction of sp³-hybridized carbons (Fsp3) is 1.00. The van der Waals surface area contributed by atoms with E-state index in [1.807, 2.05) is 7.05 Å². The minimum atomic E-state index is 0.762. The van der Waals surface area contributed by atoms with Gasteiger partial charge in [-0.05, 0) is 19.9 Å². The smallest absolute Gasteiger partial charge is 0.0574 e. The van der Waals surface area contributed by atoms with Crippen molar-refractivity contribution in [3.63, 3.8) is 0 Å². The van der Waals surface area contributed by atoms with E-state index < -0.39 is 0 Å². The lowest BCUT2D eigenvalue weighted by Crippen LogP contribution is -2.33. The summed E-state index contributed by atoms with van der Waals surface area (Å²) < 4.78 is 2.40. The van der Waals surface area contributed by atoms with Crippen LogP contribution in [0.15, 0.2) is 0 Å². The molecule has 80 valence electrons. The molecule has 0 aromatic carbocycles. The standard InChI is InChI=1S/C10H23IN2/c1-4-6-8-10(7-5-2)13(11)9-12-3/h10,12H,4-9H2,1-3H3. The highest BCUT2D eigenvalue weighted by Crippen LogP contribution is 2.17. The molecule has 1 atom stereocenters. The van der Waals surface area contributed by atoms with Crippen LogP contribution in [-0.4, -0.2) is 22.9 Å². The van der Waals surface area contributed by atoms with Gasteiger partial charge in [0.15, 0.2) is 0 Å². The van der Waals surface area contributed by atoms with E-state index in [1.165, 1.54) is 32.1 Å². The van der Waals surface area contributed by atoms with Crippen molar-refractivity contribution in [1.82, 2.24) is 8.43 Å². The van der Waals surface area contributed by atoms with Crippen LogP contribution in [0, 0.1) is 0 Å². The number of hydrogen-bond donors (Lipinski definition) is 1. The Morgan fingerprint density at radius 3 is 2.38 bits per heavy atom. The van der Waals surface area contributed by atoms with Gasteiger partial charge in [0.25, 0.3) is 0 Å². The van der Waals surface area contributed by atoms with E-state index in [9.17, 15) is 0 Å². The Labute approximate surface area is 97.0 Å². The summed E-state index contributed by atoms with van der Waals surface area (Å²) in [5, 5.41) is 3.20. The molecule has 0 aliphatic heterocycles. The molecule has 0 radical (unpaired) electrons. The fourth-order valence-corrected chi connectivity index (χ4v) is 2.38. The van der Waals surface area contributed by atoms with E-state index in [4.69, 9.17) is 0 Å². The van der Waals surface area contributed by atoms with Crippen LogP contribution < -0.4 is 5.32 Å². The molecule has 0 fully saturated rings. The minimum absolute atomic E-state index is 0.762. The zero-order valence-electron chi connectivity index (χ0n) is 9.15. The molecule has 0 amide bonds. The van der Waals surface area contributed by atoms with Gasteiger partial charge in [-0.2, -0.15) is 0 Å². The summed E-state index contributed by atoms with van der Waals surface area (Å²) in [5.41, 5.74) is 0. The van der Waals surface area contributed by atoms with Crippen LogP contribution in [0.25, 0.3) is 0 Å². The second-order valence-corrected chi connectivity index (χ2v) is 4.74. The van der Waals surface area contributed by atoms with Gasteiger partial charge in [-0.1, -0.05) is 33.1 Å². The lowest BCUT2D eigenvalue weighted by atomic mass is 10.1. The highest BCUT2D eigenvalue weighted by Gasteiger charge is 2.13. The van der Waals surface area contributed by atoms with Crippen molar-refractivity contribution in [1.29, 1.82) is 0 Å². The molecule has 0 aliphatic rings. The van der Waals surface area contributed by atoms with Gasteiger partial charge in [0, 0.05) is 28.9 Å². The molecule has 1 N–H and O–H groups in total. The van der Waals surface area contributed by atoms with Crippen LogP contribution in [0.5, 0.6) is 0 Å². The van der Waals surface area contributed by atoms with E-state index in [0.717, 1.165) is 12.7 Å². The third-order valence-electron chi connectivity index (χ3n) is 2.22. The third-order valence-corrected chi connectivity index (χ3v) is 3.35. The highest BCUT2D eigenvalue weighted by atomic mass is 127. The number of nitrogens with one attached hydrogen (secondary N) is 1. The maximum absolute atomic E-state index is 3.20. The summed E-state index contributed by atoms with van der Waals surface area (Å²) in [5.74, 6) is 0. The summed E-state index contributed by atoms with van der Waals surface area (Å²) in [4.78, 5) is 0. The van der Waals surface area contributed by atoms with Crippen molar-refractivity contribution in [3.05, 3.63) is 0 Å². The SMILES string of the molecule is CCCCC(CCC)N(I)CNC. The van der Waals surface area contributed by atoms with Crippen molar-refractivity contribution >= 4 is 22.9 Å². The van der Waals surface area contributed by atoms with Crippen molar-refractivity contribution < 1.29 is 0 Å². The van der Waals surface area contributed by atoms with Gasteiger partial charge in [-0.3, -0.25) is 0 Å². The zero-order chi connectivity index (χ0) is 10.1. The summed E-state index contributed by atoms with van der Waals surface area (Å²) in [7, 11) is 2.01. The molecule has 0 spiro atoms. The molecule has 0 heterocycles. The third kappa shape index (κ3) is 6.69. The second-order valence-electron chi connectivity index (χ2n) is 3.50. The number of nitrogens with zero attached hydrogens (tertiary/aromatic N) is 1. The molecule has 13 heavy (non-hydrogen) atoms. The Hall–Kier alpha value is 0.650. The molecular formula is C10H23IN2. The molecule has 2 nitrogen and oxygen atoms in total.